The largest absolute Gasteiger partial charge is 0.331 e. The van der Waals surface area contributed by atoms with Crippen molar-refractivity contribution in [3.8, 4) is 0 Å². The third kappa shape index (κ3) is 3.48. The summed E-state index contributed by atoms with van der Waals surface area (Å²) in [6.07, 6.45) is 1.77. The predicted molar refractivity (Wildman–Crippen MR) is 81.5 cm³/mol. The van der Waals surface area contributed by atoms with Crippen LogP contribution in [0.1, 0.15) is 33.0 Å². The molecule has 1 unspecified atom stereocenters. The van der Waals surface area contributed by atoms with Crippen LogP contribution in [-0.2, 0) is 13.5 Å². The van der Waals surface area contributed by atoms with Gasteiger partial charge in [-0.25, -0.2) is 4.98 Å². The van der Waals surface area contributed by atoms with Crippen molar-refractivity contribution in [3.63, 3.8) is 0 Å². The smallest absolute Gasteiger partial charge is 0.111 e. The molecule has 1 aromatic carbocycles. The normalized spacial score (nSPS) is 14.0. The summed E-state index contributed by atoms with van der Waals surface area (Å²) in [4.78, 5) is 4.64. The van der Waals surface area contributed by atoms with Crippen molar-refractivity contribution in [2.75, 3.05) is 0 Å². The lowest BCUT2D eigenvalue weighted by Crippen LogP contribution is -2.29. The number of aryl methyl sites for hydroxylation is 1. The van der Waals surface area contributed by atoms with E-state index in [-0.39, 0.29) is 11.5 Å². The van der Waals surface area contributed by atoms with Crippen molar-refractivity contribution >= 4 is 22.6 Å². The van der Waals surface area contributed by atoms with Crippen LogP contribution in [0.2, 0.25) is 5.02 Å². The van der Waals surface area contributed by atoms with Crippen molar-refractivity contribution < 1.29 is 0 Å². The summed E-state index contributed by atoms with van der Waals surface area (Å²) in [5.74, 6) is 1.02. The monoisotopic (exact) mass is 279 g/mol. The number of fused-ring (bicyclic) bond motifs is 1. The summed E-state index contributed by atoms with van der Waals surface area (Å²) < 4.78 is 2.11. The number of hydrogen-bond donors (Lipinski definition) is 1. The fraction of sp³-hybridized carbons (Fsp3) is 0.533. The molecule has 1 heterocycles. The highest BCUT2D eigenvalue weighted by Gasteiger charge is 2.18. The number of nitrogens with two attached hydrogens (primary N) is 1. The van der Waals surface area contributed by atoms with Gasteiger partial charge in [0, 0.05) is 24.5 Å². The van der Waals surface area contributed by atoms with E-state index in [1.54, 1.807) is 0 Å². The van der Waals surface area contributed by atoms with Gasteiger partial charge in [-0.2, -0.15) is 0 Å². The van der Waals surface area contributed by atoms with Gasteiger partial charge in [0.25, 0.3) is 0 Å². The maximum absolute atomic E-state index is 6.23. The summed E-state index contributed by atoms with van der Waals surface area (Å²) in [7, 11) is 2.03. The second-order valence-corrected chi connectivity index (χ2v) is 6.89. The summed E-state index contributed by atoms with van der Waals surface area (Å²) in [5, 5.41) is 0.719. The van der Waals surface area contributed by atoms with E-state index >= 15 is 0 Å². The molecule has 0 aliphatic carbocycles. The molecule has 0 radical (unpaired) electrons. The third-order valence-corrected chi connectivity index (χ3v) is 3.49. The van der Waals surface area contributed by atoms with Gasteiger partial charge in [0.15, 0.2) is 0 Å². The van der Waals surface area contributed by atoms with Gasteiger partial charge in [-0.05, 0) is 30.0 Å². The van der Waals surface area contributed by atoms with E-state index in [0.29, 0.717) is 0 Å². The first-order chi connectivity index (χ1) is 8.76. The fourth-order valence-electron chi connectivity index (χ4n) is 2.50. The molecule has 0 spiro atoms. The molecule has 0 fully saturated rings. The molecule has 2 N–H and O–H groups in total. The Bertz CT molecular complexity index is 581. The molecule has 1 atom stereocenters. The van der Waals surface area contributed by atoms with Gasteiger partial charge >= 0.3 is 0 Å². The van der Waals surface area contributed by atoms with E-state index in [2.05, 4.69) is 30.3 Å². The molecule has 19 heavy (non-hydrogen) atoms. The van der Waals surface area contributed by atoms with Crippen LogP contribution in [0.5, 0.6) is 0 Å². The maximum Gasteiger partial charge on any atom is 0.111 e. The Kier molecular flexibility index (Phi) is 3.88. The van der Waals surface area contributed by atoms with Crippen LogP contribution in [0.25, 0.3) is 11.0 Å². The van der Waals surface area contributed by atoms with Crippen molar-refractivity contribution in [3.05, 3.63) is 29.0 Å². The first-order valence-corrected chi connectivity index (χ1v) is 7.00. The Morgan fingerprint density at radius 1 is 1.37 bits per heavy atom. The lowest BCUT2D eigenvalue weighted by Gasteiger charge is -2.22. The second kappa shape index (κ2) is 5.14. The Morgan fingerprint density at radius 3 is 2.68 bits per heavy atom. The summed E-state index contributed by atoms with van der Waals surface area (Å²) >= 11 is 6.00. The molecule has 0 saturated heterocycles. The zero-order valence-electron chi connectivity index (χ0n) is 12.1. The van der Waals surface area contributed by atoms with Crippen LogP contribution in [-0.4, -0.2) is 15.6 Å². The molecule has 4 heteroatoms. The first kappa shape index (κ1) is 14.4. The molecule has 3 nitrogen and oxygen atoms in total. The Hall–Kier alpha value is -1.06. The van der Waals surface area contributed by atoms with E-state index in [4.69, 9.17) is 17.3 Å². The molecule has 1 aromatic heterocycles. The standard InChI is InChI=1S/C15H22ClN3/c1-15(2,3)9-11(17)8-14-18-12-7-10(16)5-6-13(12)19(14)4/h5-7,11H,8-9,17H2,1-4H3. The van der Waals surface area contributed by atoms with Crippen LogP contribution >= 0.6 is 11.6 Å². The van der Waals surface area contributed by atoms with Gasteiger partial charge in [0.1, 0.15) is 5.82 Å². The highest BCUT2D eigenvalue weighted by molar-refractivity contribution is 6.31. The minimum Gasteiger partial charge on any atom is -0.331 e. The zero-order chi connectivity index (χ0) is 14.2. The lowest BCUT2D eigenvalue weighted by atomic mass is 9.87. The number of nitrogens with zero attached hydrogens (tertiary/aromatic N) is 2. The van der Waals surface area contributed by atoms with Crippen LogP contribution in [0, 0.1) is 5.41 Å². The van der Waals surface area contributed by atoms with Gasteiger partial charge in [0.05, 0.1) is 11.0 Å². The molecule has 104 valence electrons. The van der Waals surface area contributed by atoms with Crippen molar-refractivity contribution in [2.24, 2.45) is 18.2 Å². The Morgan fingerprint density at radius 2 is 2.05 bits per heavy atom. The van der Waals surface area contributed by atoms with Gasteiger partial charge in [-0.15, -0.1) is 0 Å². The molecule has 0 bridgehead atoms. The predicted octanol–water partition coefficient (Wildman–Crippen LogP) is 3.53. The number of imidazole rings is 1. The average Bonchev–Trinajstić information content (AvgIpc) is 2.52. The van der Waals surface area contributed by atoms with Crippen LogP contribution < -0.4 is 5.73 Å². The number of hydrogen-bond acceptors (Lipinski definition) is 2. The molecule has 2 aromatic rings. The van der Waals surface area contributed by atoms with Gasteiger partial charge < -0.3 is 10.3 Å². The summed E-state index contributed by atoms with van der Waals surface area (Å²) in [6.45, 7) is 6.63. The van der Waals surface area contributed by atoms with Crippen LogP contribution in [0.15, 0.2) is 18.2 Å². The van der Waals surface area contributed by atoms with E-state index in [0.717, 1.165) is 34.7 Å². The number of rotatable bonds is 3. The van der Waals surface area contributed by atoms with E-state index in [1.165, 1.54) is 0 Å². The molecule has 0 aliphatic heterocycles. The van der Waals surface area contributed by atoms with E-state index in [9.17, 15) is 0 Å². The SMILES string of the molecule is Cn1c(CC(N)CC(C)(C)C)nc2cc(Cl)ccc21. The van der Waals surface area contributed by atoms with Crippen molar-refractivity contribution in [1.29, 1.82) is 0 Å². The number of aromatic nitrogens is 2. The fourth-order valence-corrected chi connectivity index (χ4v) is 2.67. The second-order valence-electron chi connectivity index (χ2n) is 6.45. The molecule has 0 aliphatic rings. The minimum absolute atomic E-state index is 0.131. The highest BCUT2D eigenvalue weighted by Crippen LogP contribution is 2.23. The lowest BCUT2D eigenvalue weighted by molar-refractivity contribution is 0.335. The third-order valence-electron chi connectivity index (χ3n) is 3.25. The van der Waals surface area contributed by atoms with Gasteiger partial charge in [-0.1, -0.05) is 32.4 Å². The maximum atomic E-state index is 6.23. The van der Waals surface area contributed by atoms with Crippen molar-refractivity contribution in [2.45, 2.75) is 39.7 Å². The van der Waals surface area contributed by atoms with Crippen LogP contribution in [0.4, 0.5) is 0 Å². The zero-order valence-corrected chi connectivity index (χ0v) is 12.8. The quantitative estimate of drug-likeness (QED) is 0.934. The minimum atomic E-state index is 0.131. The summed E-state index contributed by atoms with van der Waals surface area (Å²) in [6, 6.07) is 5.93. The summed E-state index contributed by atoms with van der Waals surface area (Å²) in [5.41, 5.74) is 8.51. The Labute approximate surface area is 119 Å². The van der Waals surface area contributed by atoms with E-state index < -0.39 is 0 Å². The van der Waals surface area contributed by atoms with Gasteiger partial charge in [-0.3, -0.25) is 0 Å². The molecule has 0 amide bonds. The van der Waals surface area contributed by atoms with Gasteiger partial charge in [0.2, 0.25) is 0 Å². The first-order valence-electron chi connectivity index (χ1n) is 6.63. The van der Waals surface area contributed by atoms with Crippen LogP contribution in [0.3, 0.4) is 0 Å². The number of benzene rings is 1. The van der Waals surface area contributed by atoms with E-state index in [1.807, 2.05) is 25.2 Å². The van der Waals surface area contributed by atoms with Crippen molar-refractivity contribution in [1.82, 2.24) is 9.55 Å². The molecule has 2 rings (SSSR count). The Balaban J connectivity index is 2.23. The molecular weight excluding hydrogens is 258 g/mol. The number of halogens is 1. The molecular formula is C15H22ClN3. The average molecular weight is 280 g/mol. The topological polar surface area (TPSA) is 43.8 Å². The molecule has 0 saturated carbocycles. The highest BCUT2D eigenvalue weighted by atomic mass is 35.5.